The van der Waals surface area contributed by atoms with Gasteiger partial charge >= 0.3 is 0 Å². The van der Waals surface area contributed by atoms with Crippen LogP contribution in [0.1, 0.15) is 32.1 Å². The Morgan fingerprint density at radius 3 is 2.14 bits per heavy atom. The molecule has 5 heteroatoms. The molecule has 5 nitrogen and oxygen atoms in total. The predicted molar refractivity (Wildman–Crippen MR) is 79.8 cm³/mol. The Kier molecular flexibility index (Phi) is 4.93. The van der Waals surface area contributed by atoms with Crippen LogP contribution in [0.15, 0.2) is 12.2 Å². The van der Waals surface area contributed by atoms with Crippen molar-refractivity contribution in [3.63, 3.8) is 0 Å². The molecule has 118 valence electrons. The third-order valence-electron chi connectivity index (χ3n) is 4.64. The molecular weight excluding hydrogens is 268 g/mol. The highest BCUT2D eigenvalue weighted by Crippen LogP contribution is 2.23. The molecule has 21 heavy (non-hydrogen) atoms. The molecule has 0 aromatic carbocycles. The molecule has 3 rings (SSSR count). The zero-order chi connectivity index (χ0) is 14.7. The predicted octanol–water partition coefficient (Wildman–Crippen LogP) is 1.08. The topological polar surface area (TPSA) is 64.8 Å². The lowest BCUT2D eigenvalue weighted by molar-refractivity contribution is -0.137. The van der Waals surface area contributed by atoms with Gasteiger partial charge in [0.1, 0.15) is 0 Å². The van der Waals surface area contributed by atoms with Gasteiger partial charge < -0.3 is 20.1 Å². The van der Waals surface area contributed by atoms with Crippen molar-refractivity contribution in [2.45, 2.75) is 50.4 Å². The van der Waals surface area contributed by atoms with Gasteiger partial charge in [-0.2, -0.15) is 0 Å². The van der Waals surface area contributed by atoms with Crippen molar-refractivity contribution in [3.05, 3.63) is 12.2 Å². The highest BCUT2D eigenvalue weighted by atomic mass is 16.5. The van der Waals surface area contributed by atoms with Crippen LogP contribution in [-0.4, -0.2) is 55.4 Å². The minimum Gasteiger partial charge on any atom is -0.376 e. The molecule has 4 atom stereocenters. The average Bonchev–Trinajstić information content (AvgIpc) is 3.19. The smallest absolute Gasteiger partial charge is 0.229 e. The van der Waals surface area contributed by atoms with Crippen molar-refractivity contribution in [1.82, 2.24) is 4.90 Å². The van der Waals surface area contributed by atoms with Gasteiger partial charge in [0.05, 0.1) is 18.1 Å². The third-order valence-corrected chi connectivity index (χ3v) is 4.64. The second-order valence-corrected chi connectivity index (χ2v) is 6.40. The van der Waals surface area contributed by atoms with Crippen molar-refractivity contribution in [2.24, 2.45) is 11.7 Å². The third kappa shape index (κ3) is 3.84. The Labute approximate surface area is 126 Å². The Balaban J connectivity index is 1.61. The molecule has 0 spiro atoms. The first-order valence-electron chi connectivity index (χ1n) is 8.18. The molecule has 0 radical (unpaired) electrons. The number of amides is 1. The van der Waals surface area contributed by atoms with Gasteiger partial charge in [-0.05, 0) is 32.1 Å². The maximum atomic E-state index is 12.8. The molecule has 2 saturated heterocycles. The van der Waals surface area contributed by atoms with Gasteiger partial charge in [0, 0.05) is 32.3 Å². The van der Waals surface area contributed by atoms with E-state index in [0.717, 1.165) is 45.3 Å². The van der Waals surface area contributed by atoms with E-state index in [-0.39, 0.29) is 30.1 Å². The van der Waals surface area contributed by atoms with Gasteiger partial charge in [-0.1, -0.05) is 12.2 Å². The Morgan fingerprint density at radius 2 is 1.71 bits per heavy atom. The minimum atomic E-state index is -0.0668. The van der Waals surface area contributed by atoms with Crippen molar-refractivity contribution in [2.75, 3.05) is 26.3 Å². The number of rotatable bonds is 5. The van der Waals surface area contributed by atoms with Gasteiger partial charge in [0.25, 0.3) is 0 Å². The van der Waals surface area contributed by atoms with Crippen molar-refractivity contribution in [3.8, 4) is 0 Å². The van der Waals surface area contributed by atoms with Crippen LogP contribution in [0.2, 0.25) is 0 Å². The monoisotopic (exact) mass is 294 g/mol. The van der Waals surface area contributed by atoms with Gasteiger partial charge in [0.15, 0.2) is 0 Å². The zero-order valence-electron chi connectivity index (χ0n) is 12.6. The SMILES string of the molecule is NC1C=CC(C(=O)N(CC2CCCO2)CC2CCCO2)C1. The summed E-state index contributed by atoms with van der Waals surface area (Å²) in [4.78, 5) is 14.7. The summed E-state index contributed by atoms with van der Waals surface area (Å²) >= 11 is 0. The summed E-state index contributed by atoms with van der Waals surface area (Å²) in [6, 6.07) is 0.0197. The van der Waals surface area contributed by atoms with Crippen LogP contribution in [0.5, 0.6) is 0 Å². The van der Waals surface area contributed by atoms with Gasteiger partial charge in [0.2, 0.25) is 5.91 Å². The van der Waals surface area contributed by atoms with Crippen LogP contribution in [0, 0.1) is 5.92 Å². The van der Waals surface area contributed by atoms with Crippen molar-refractivity contribution >= 4 is 5.91 Å². The average molecular weight is 294 g/mol. The maximum Gasteiger partial charge on any atom is 0.229 e. The summed E-state index contributed by atoms with van der Waals surface area (Å²) in [5, 5.41) is 0. The molecule has 2 N–H and O–H groups in total. The van der Waals surface area contributed by atoms with Crippen LogP contribution in [0.3, 0.4) is 0 Å². The van der Waals surface area contributed by atoms with Gasteiger partial charge in [-0.3, -0.25) is 4.79 Å². The van der Waals surface area contributed by atoms with E-state index >= 15 is 0 Å². The van der Waals surface area contributed by atoms with Gasteiger partial charge in [-0.25, -0.2) is 0 Å². The number of nitrogens with two attached hydrogens (primary N) is 1. The van der Waals surface area contributed by atoms with Crippen molar-refractivity contribution < 1.29 is 14.3 Å². The van der Waals surface area contributed by atoms with E-state index in [0.29, 0.717) is 13.1 Å². The quantitative estimate of drug-likeness (QED) is 0.771. The summed E-state index contributed by atoms with van der Waals surface area (Å²) < 4.78 is 11.4. The molecular formula is C16H26N2O3. The first kappa shape index (κ1) is 15.0. The largest absolute Gasteiger partial charge is 0.376 e. The van der Waals surface area contributed by atoms with Crippen molar-refractivity contribution in [1.29, 1.82) is 0 Å². The maximum absolute atomic E-state index is 12.8. The molecule has 2 heterocycles. The molecule has 1 amide bonds. The van der Waals surface area contributed by atoms with Crippen LogP contribution in [-0.2, 0) is 14.3 Å². The number of hydrogen-bond donors (Lipinski definition) is 1. The second-order valence-electron chi connectivity index (χ2n) is 6.40. The van der Waals surface area contributed by atoms with Crippen LogP contribution in [0.25, 0.3) is 0 Å². The molecule has 2 fully saturated rings. The van der Waals surface area contributed by atoms with E-state index in [1.54, 1.807) is 0 Å². The second kappa shape index (κ2) is 6.90. The molecule has 3 aliphatic rings. The van der Waals surface area contributed by atoms with E-state index < -0.39 is 0 Å². The number of carbonyl (C=O) groups excluding carboxylic acids is 1. The fraction of sp³-hybridized carbons (Fsp3) is 0.812. The van der Waals surface area contributed by atoms with E-state index in [1.807, 2.05) is 17.1 Å². The van der Waals surface area contributed by atoms with E-state index in [2.05, 4.69) is 0 Å². The Hall–Kier alpha value is -0.910. The van der Waals surface area contributed by atoms with E-state index in [4.69, 9.17) is 15.2 Å². The first-order chi connectivity index (χ1) is 10.2. The molecule has 0 aromatic rings. The lowest BCUT2D eigenvalue weighted by Crippen LogP contribution is -2.44. The molecule has 4 unspecified atom stereocenters. The molecule has 1 aliphatic carbocycles. The van der Waals surface area contributed by atoms with E-state index in [1.165, 1.54) is 0 Å². The fourth-order valence-corrected chi connectivity index (χ4v) is 3.47. The summed E-state index contributed by atoms with van der Waals surface area (Å²) in [6.07, 6.45) is 9.31. The Bertz CT molecular complexity index is 369. The van der Waals surface area contributed by atoms with Crippen LogP contribution >= 0.6 is 0 Å². The molecule has 0 bridgehead atoms. The molecule has 0 aromatic heterocycles. The number of hydrogen-bond acceptors (Lipinski definition) is 4. The fourth-order valence-electron chi connectivity index (χ4n) is 3.47. The highest BCUT2D eigenvalue weighted by molar-refractivity contribution is 5.81. The normalized spacial score (nSPS) is 35.5. The first-order valence-corrected chi connectivity index (χ1v) is 8.18. The minimum absolute atomic E-state index is 0.0197. The summed E-state index contributed by atoms with van der Waals surface area (Å²) in [6.45, 7) is 3.03. The standard InChI is InChI=1S/C16H26N2O3/c17-13-6-5-12(9-13)16(19)18(10-14-3-1-7-20-14)11-15-4-2-8-21-15/h5-6,12-15H,1-4,7-11,17H2. The summed E-state index contributed by atoms with van der Waals surface area (Å²) in [7, 11) is 0. The number of nitrogens with zero attached hydrogens (tertiary/aromatic N) is 1. The highest BCUT2D eigenvalue weighted by Gasteiger charge is 2.31. The van der Waals surface area contributed by atoms with Crippen LogP contribution in [0.4, 0.5) is 0 Å². The van der Waals surface area contributed by atoms with E-state index in [9.17, 15) is 4.79 Å². The lowest BCUT2D eigenvalue weighted by atomic mass is 10.0. The number of carbonyl (C=O) groups is 1. The lowest BCUT2D eigenvalue weighted by Gasteiger charge is -2.29. The number of ether oxygens (including phenoxy) is 2. The summed E-state index contributed by atoms with van der Waals surface area (Å²) in [5.41, 5.74) is 5.88. The molecule has 0 saturated carbocycles. The zero-order valence-corrected chi connectivity index (χ0v) is 12.6. The Morgan fingerprint density at radius 1 is 1.10 bits per heavy atom. The summed E-state index contributed by atoms with van der Waals surface area (Å²) in [5.74, 6) is 0.119. The van der Waals surface area contributed by atoms with Crippen LogP contribution < -0.4 is 5.73 Å². The molecule has 2 aliphatic heterocycles. The van der Waals surface area contributed by atoms with Gasteiger partial charge in [-0.15, -0.1) is 0 Å².